The van der Waals surface area contributed by atoms with Gasteiger partial charge in [-0.25, -0.2) is 4.79 Å². The Morgan fingerprint density at radius 1 is 1.09 bits per heavy atom. The van der Waals surface area contributed by atoms with Crippen molar-refractivity contribution < 1.29 is 29.3 Å². The highest BCUT2D eigenvalue weighted by molar-refractivity contribution is 5.87. The number of fused-ring (bicyclic) bond motifs is 5. The van der Waals surface area contributed by atoms with Crippen LogP contribution in [0.15, 0.2) is 48.5 Å². The molecule has 1 heterocycles. The second-order valence-electron chi connectivity index (χ2n) is 9.90. The van der Waals surface area contributed by atoms with Gasteiger partial charge in [-0.1, -0.05) is 48.5 Å². The quantitative estimate of drug-likeness (QED) is 0.537. The lowest BCUT2D eigenvalue weighted by molar-refractivity contribution is -0.141. The van der Waals surface area contributed by atoms with E-state index in [-0.39, 0.29) is 37.9 Å². The third-order valence-corrected chi connectivity index (χ3v) is 7.84. The molecular formula is C27H30N2O6. The molecule has 1 saturated heterocycles. The van der Waals surface area contributed by atoms with Gasteiger partial charge in [0, 0.05) is 18.9 Å². The molecular weight excluding hydrogens is 448 g/mol. The highest BCUT2D eigenvalue weighted by atomic mass is 16.5. The molecule has 8 nitrogen and oxygen atoms in total. The maximum absolute atomic E-state index is 13.4. The smallest absolute Gasteiger partial charge is 0.407 e. The van der Waals surface area contributed by atoms with Crippen LogP contribution in [0.4, 0.5) is 4.79 Å². The number of carbonyl (C=O) groups excluding carboxylic acids is 2. The molecule has 2 bridgehead atoms. The number of hydrogen-bond acceptors (Lipinski definition) is 5. The van der Waals surface area contributed by atoms with E-state index >= 15 is 0 Å². The zero-order valence-electron chi connectivity index (χ0n) is 19.5. The number of alkyl carbamates (subject to hydrolysis) is 1. The fourth-order valence-electron chi connectivity index (χ4n) is 6.12. The van der Waals surface area contributed by atoms with E-state index < -0.39 is 23.6 Å². The van der Waals surface area contributed by atoms with E-state index in [1.165, 1.54) is 0 Å². The minimum atomic E-state index is -1.04. The topological polar surface area (TPSA) is 116 Å². The van der Waals surface area contributed by atoms with Crippen molar-refractivity contribution >= 4 is 18.0 Å². The van der Waals surface area contributed by atoms with Gasteiger partial charge in [0.15, 0.2) is 0 Å². The average Bonchev–Trinajstić information content (AvgIpc) is 3.55. The SMILES string of the molecule is O=C(O)CCC(NC(=O)OCC1c2ccccc2-c2ccccc21)C(=O)N1CC2CCC1(CO)C2. The first kappa shape index (κ1) is 23.4. The van der Waals surface area contributed by atoms with Gasteiger partial charge in [0.25, 0.3) is 0 Å². The lowest BCUT2D eigenvalue weighted by atomic mass is 9.96. The van der Waals surface area contributed by atoms with Crippen LogP contribution in [0, 0.1) is 5.92 Å². The Balaban J connectivity index is 1.28. The molecule has 0 spiro atoms. The van der Waals surface area contributed by atoms with Crippen molar-refractivity contribution in [3.8, 4) is 11.1 Å². The van der Waals surface area contributed by atoms with E-state index in [4.69, 9.17) is 9.84 Å². The summed E-state index contributed by atoms with van der Waals surface area (Å²) in [5, 5.41) is 21.8. The lowest BCUT2D eigenvalue weighted by Gasteiger charge is -2.39. The summed E-state index contributed by atoms with van der Waals surface area (Å²) in [6.07, 6.45) is 1.37. The van der Waals surface area contributed by atoms with E-state index in [2.05, 4.69) is 17.4 Å². The molecule has 35 heavy (non-hydrogen) atoms. The number of carboxylic acids is 1. The number of carbonyl (C=O) groups is 3. The van der Waals surface area contributed by atoms with E-state index in [9.17, 15) is 19.5 Å². The molecule has 2 amide bonds. The number of amides is 2. The number of nitrogens with one attached hydrogen (secondary N) is 1. The highest BCUT2D eigenvalue weighted by Crippen LogP contribution is 2.47. The first-order valence-electron chi connectivity index (χ1n) is 12.2. The van der Waals surface area contributed by atoms with Gasteiger partial charge >= 0.3 is 12.1 Å². The largest absolute Gasteiger partial charge is 0.481 e. The molecule has 0 radical (unpaired) electrons. The van der Waals surface area contributed by atoms with Gasteiger partial charge in [-0.2, -0.15) is 0 Å². The third kappa shape index (κ3) is 4.27. The van der Waals surface area contributed by atoms with Crippen LogP contribution in [-0.2, 0) is 14.3 Å². The van der Waals surface area contributed by atoms with Gasteiger partial charge in [-0.3, -0.25) is 9.59 Å². The van der Waals surface area contributed by atoms with Crippen LogP contribution in [-0.4, -0.2) is 64.4 Å². The van der Waals surface area contributed by atoms with E-state index in [0.717, 1.165) is 41.5 Å². The van der Waals surface area contributed by atoms with Crippen molar-refractivity contribution in [3.63, 3.8) is 0 Å². The number of aliphatic hydroxyl groups excluding tert-OH is 1. The van der Waals surface area contributed by atoms with Crippen LogP contribution in [0.1, 0.15) is 49.1 Å². The van der Waals surface area contributed by atoms with Gasteiger partial charge in [0.2, 0.25) is 5.91 Å². The summed E-state index contributed by atoms with van der Waals surface area (Å²) in [5.41, 5.74) is 3.79. The van der Waals surface area contributed by atoms with Crippen LogP contribution in [0.3, 0.4) is 0 Å². The number of piperidine rings is 1. The molecule has 1 saturated carbocycles. The fourth-order valence-corrected chi connectivity index (χ4v) is 6.12. The van der Waals surface area contributed by atoms with Crippen LogP contribution < -0.4 is 5.32 Å². The van der Waals surface area contributed by atoms with Crippen LogP contribution in [0.25, 0.3) is 11.1 Å². The number of aliphatic carboxylic acids is 1. The molecule has 5 rings (SSSR count). The van der Waals surface area contributed by atoms with Crippen molar-refractivity contribution in [3.05, 3.63) is 59.7 Å². The predicted octanol–water partition coefficient (Wildman–Crippen LogP) is 3.13. The molecule has 3 aliphatic rings. The second kappa shape index (κ2) is 9.34. The number of ether oxygens (including phenoxy) is 1. The van der Waals surface area contributed by atoms with Crippen molar-refractivity contribution in [2.45, 2.75) is 49.6 Å². The summed E-state index contributed by atoms with van der Waals surface area (Å²) in [5.74, 6) is -1.18. The van der Waals surface area contributed by atoms with Crippen molar-refractivity contribution in [2.24, 2.45) is 5.92 Å². The first-order chi connectivity index (χ1) is 16.9. The first-order valence-corrected chi connectivity index (χ1v) is 12.2. The average molecular weight is 479 g/mol. The minimum absolute atomic E-state index is 0.0406. The molecule has 1 aliphatic heterocycles. The molecule has 3 unspecified atom stereocenters. The Hall–Kier alpha value is -3.39. The second-order valence-corrected chi connectivity index (χ2v) is 9.90. The van der Waals surface area contributed by atoms with Crippen molar-refractivity contribution in [1.82, 2.24) is 10.2 Å². The summed E-state index contributed by atoms with van der Waals surface area (Å²) in [7, 11) is 0. The Bertz CT molecular complexity index is 1100. The van der Waals surface area contributed by atoms with Gasteiger partial charge in [-0.05, 0) is 53.9 Å². The zero-order chi connectivity index (χ0) is 24.6. The number of nitrogens with zero attached hydrogens (tertiary/aromatic N) is 1. The van der Waals surface area contributed by atoms with Gasteiger partial charge in [0.1, 0.15) is 12.6 Å². The predicted molar refractivity (Wildman–Crippen MR) is 128 cm³/mol. The van der Waals surface area contributed by atoms with E-state index in [0.29, 0.717) is 12.5 Å². The number of benzene rings is 2. The Kier molecular flexibility index (Phi) is 6.23. The maximum Gasteiger partial charge on any atom is 0.407 e. The lowest BCUT2D eigenvalue weighted by Crippen LogP contribution is -2.57. The monoisotopic (exact) mass is 478 g/mol. The molecule has 184 valence electrons. The standard InChI is InChI=1S/C27H30N2O6/c30-16-27-12-11-17(13-27)14-29(27)25(33)23(9-10-24(31)32)28-26(34)35-15-22-20-7-3-1-5-18(20)19-6-2-4-8-21(19)22/h1-8,17,22-23,30H,9-16H2,(H,28,34)(H,31,32). The normalized spacial score (nSPS) is 23.0. The van der Waals surface area contributed by atoms with E-state index in [1.807, 2.05) is 36.4 Å². The molecule has 2 aromatic carbocycles. The van der Waals surface area contributed by atoms with Crippen molar-refractivity contribution in [1.29, 1.82) is 0 Å². The summed E-state index contributed by atoms with van der Waals surface area (Å²) < 4.78 is 5.59. The molecule has 2 aliphatic carbocycles. The molecule has 2 fully saturated rings. The Morgan fingerprint density at radius 2 is 1.74 bits per heavy atom. The fraction of sp³-hybridized carbons (Fsp3) is 0.444. The van der Waals surface area contributed by atoms with Gasteiger partial charge in [-0.15, -0.1) is 0 Å². The van der Waals surface area contributed by atoms with Gasteiger partial charge < -0.3 is 25.2 Å². The van der Waals surface area contributed by atoms with Crippen molar-refractivity contribution in [2.75, 3.05) is 19.8 Å². The Labute approximate surface area is 203 Å². The summed E-state index contributed by atoms with van der Waals surface area (Å²) in [6, 6.07) is 15.0. The molecule has 8 heteroatoms. The number of rotatable bonds is 8. The molecule has 3 N–H and O–H groups in total. The van der Waals surface area contributed by atoms with Crippen LogP contribution in [0.5, 0.6) is 0 Å². The number of hydrogen-bond donors (Lipinski definition) is 3. The van der Waals surface area contributed by atoms with E-state index in [1.54, 1.807) is 4.90 Å². The van der Waals surface area contributed by atoms with Crippen LogP contribution >= 0.6 is 0 Å². The number of aliphatic hydroxyl groups is 1. The summed E-state index contributed by atoms with van der Waals surface area (Å²) in [6.45, 7) is 0.493. The minimum Gasteiger partial charge on any atom is -0.481 e. The highest BCUT2D eigenvalue weighted by Gasteiger charge is 2.53. The zero-order valence-corrected chi connectivity index (χ0v) is 19.5. The molecule has 3 atom stereocenters. The Morgan fingerprint density at radius 3 is 2.34 bits per heavy atom. The number of carboxylic acid groups (broad SMARTS) is 1. The maximum atomic E-state index is 13.4. The molecule has 2 aromatic rings. The summed E-state index contributed by atoms with van der Waals surface area (Å²) >= 11 is 0. The third-order valence-electron chi connectivity index (χ3n) is 7.84. The van der Waals surface area contributed by atoms with Crippen LogP contribution in [0.2, 0.25) is 0 Å². The molecule has 0 aromatic heterocycles. The summed E-state index contributed by atoms with van der Waals surface area (Å²) in [4.78, 5) is 39.0. The number of likely N-dealkylation sites (tertiary alicyclic amines) is 1. The van der Waals surface area contributed by atoms with Gasteiger partial charge in [0.05, 0.1) is 12.1 Å².